The summed E-state index contributed by atoms with van der Waals surface area (Å²) in [6.45, 7) is 0. The third-order valence-corrected chi connectivity index (χ3v) is 5.47. The second kappa shape index (κ2) is 5.43. The van der Waals surface area contributed by atoms with Gasteiger partial charge in [-0.3, -0.25) is 0 Å². The molecule has 4 atom stereocenters. The summed E-state index contributed by atoms with van der Waals surface area (Å²) in [6.07, 6.45) is 7.14. The SMILES string of the molecule is Fc1ccc(C2CCC3CC(S)CCC3C2)cc1F. The first-order valence-corrected chi connectivity index (χ1v) is 7.78. The highest BCUT2D eigenvalue weighted by molar-refractivity contribution is 7.80. The summed E-state index contributed by atoms with van der Waals surface area (Å²) in [5.41, 5.74) is 0.977. The summed E-state index contributed by atoms with van der Waals surface area (Å²) in [7, 11) is 0. The molecule has 0 N–H and O–H groups in total. The van der Waals surface area contributed by atoms with Crippen molar-refractivity contribution >= 4 is 12.6 Å². The van der Waals surface area contributed by atoms with Crippen LogP contribution in [0.3, 0.4) is 0 Å². The van der Waals surface area contributed by atoms with Crippen molar-refractivity contribution in [2.75, 3.05) is 0 Å². The highest BCUT2D eigenvalue weighted by atomic mass is 32.1. The molecule has 0 nitrogen and oxygen atoms in total. The minimum absolute atomic E-state index is 0.410. The Morgan fingerprint density at radius 1 is 0.895 bits per heavy atom. The lowest BCUT2D eigenvalue weighted by Crippen LogP contribution is -2.30. The maximum atomic E-state index is 13.3. The van der Waals surface area contributed by atoms with Crippen molar-refractivity contribution in [2.24, 2.45) is 11.8 Å². The third-order valence-electron chi connectivity index (χ3n) is 5.00. The van der Waals surface area contributed by atoms with Crippen LogP contribution in [0.2, 0.25) is 0 Å². The van der Waals surface area contributed by atoms with Crippen LogP contribution in [0.1, 0.15) is 50.0 Å². The second-order valence-corrected chi connectivity index (χ2v) is 6.90. The number of fused-ring (bicyclic) bond motifs is 1. The fraction of sp³-hybridized carbons (Fsp3) is 0.625. The van der Waals surface area contributed by atoms with E-state index in [1.807, 2.05) is 0 Å². The number of benzene rings is 1. The van der Waals surface area contributed by atoms with Gasteiger partial charge < -0.3 is 0 Å². The monoisotopic (exact) mass is 282 g/mol. The van der Waals surface area contributed by atoms with Gasteiger partial charge in [-0.05, 0) is 74.0 Å². The summed E-state index contributed by atoms with van der Waals surface area (Å²) in [5.74, 6) is 0.521. The van der Waals surface area contributed by atoms with Crippen molar-refractivity contribution in [3.63, 3.8) is 0 Å². The van der Waals surface area contributed by atoms with Crippen LogP contribution in [0.25, 0.3) is 0 Å². The zero-order valence-electron chi connectivity index (χ0n) is 11.0. The molecule has 0 spiro atoms. The number of hydrogen-bond donors (Lipinski definition) is 1. The van der Waals surface area contributed by atoms with Crippen molar-refractivity contribution < 1.29 is 8.78 Å². The van der Waals surface area contributed by atoms with E-state index >= 15 is 0 Å². The van der Waals surface area contributed by atoms with Gasteiger partial charge >= 0.3 is 0 Å². The Morgan fingerprint density at radius 2 is 1.63 bits per heavy atom. The molecule has 2 fully saturated rings. The standard InChI is InChI=1S/C16H20F2S/c17-15-6-4-13(9-16(15)18)10-1-2-12-8-14(19)5-3-11(12)7-10/h4,6,9-12,14,19H,1-3,5,7-8H2. The average molecular weight is 282 g/mol. The lowest BCUT2D eigenvalue weighted by Gasteiger charge is -2.41. The van der Waals surface area contributed by atoms with Gasteiger partial charge in [-0.25, -0.2) is 8.78 Å². The van der Waals surface area contributed by atoms with E-state index in [2.05, 4.69) is 12.6 Å². The van der Waals surface area contributed by atoms with Gasteiger partial charge in [-0.1, -0.05) is 6.07 Å². The van der Waals surface area contributed by atoms with E-state index in [0.717, 1.165) is 30.2 Å². The quantitative estimate of drug-likeness (QED) is 0.692. The Bertz CT molecular complexity index is 460. The van der Waals surface area contributed by atoms with Gasteiger partial charge in [-0.15, -0.1) is 0 Å². The van der Waals surface area contributed by atoms with Crippen LogP contribution in [-0.4, -0.2) is 5.25 Å². The highest BCUT2D eigenvalue weighted by Crippen LogP contribution is 2.47. The molecule has 2 saturated carbocycles. The number of hydrogen-bond acceptors (Lipinski definition) is 1. The fourth-order valence-corrected chi connectivity index (χ4v) is 4.35. The van der Waals surface area contributed by atoms with Crippen molar-refractivity contribution in [2.45, 2.75) is 49.7 Å². The van der Waals surface area contributed by atoms with Gasteiger partial charge in [0.1, 0.15) is 0 Å². The summed E-state index contributed by atoms with van der Waals surface area (Å²) in [4.78, 5) is 0. The van der Waals surface area contributed by atoms with Crippen LogP contribution >= 0.6 is 12.6 Å². The second-order valence-electron chi connectivity index (χ2n) is 6.17. The average Bonchev–Trinajstić information content (AvgIpc) is 2.41. The Kier molecular flexibility index (Phi) is 3.84. The fourth-order valence-electron chi connectivity index (χ4n) is 3.93. The van der Waals surface area contributed by atoms with Crippen LogP contribution < -0.4 is 0 Å². The first-order valence-electron chi connectivity index (χ1n) is 7.26. The molecule has 0 heterocycles. The Balaban J connectivity index is 1.72. The third kappa shape index (κ3) is 2.81. The predicted octanol–water partition coefficient (Wildman–Crippen LogP) is 4.95. The molecule has 2 aliphatic carbocycles. The summed E-state index contributed by atoms with van der Waals surface area (Å²) in [5, 5.41) is 0.570. The highest BCUT2D eigenvalue weighted by Gasteiger charge is 2.35. The van der Waals surface area contributed by atoms with Gasteiger partial charge in [-0.2, -0.15) is 12.6 Å². The number of thiol groups is 1. The molecule has 1 aromatic carbocycles. The van der Waals surface area contributed by atoms with Crippen LogP contribution in [0.5, 0.6) is 0 Å². The Hall–Kier alpha value is -0.570. The molecule has 0 saturated heterocycles. The van der Waals surface area contributed by atoms with Crippen molar-refractivity contribution in [3.8, 4) is 0 Å². The molecule has 0 aromatic heterocycles. The molecule has 2 aliphatic rings. The van der Waals surface area contributed by atoms with E-state index in [1.54, 1.807) is 6.07 Å². The lowest BCUT2D eigenvalue weighted by atomic mass is 9.66. The minimum Gasteiger partial charge on any atom is -0.204 e. The predicted molar refractivity (Wildman–Crippen MR) is 76.6 cm³/mol. The molecule has 104 valence electrons. The smallest absolute Gasteiger partial charge is 0.159 e. The van der Waals surface area contributed by atoms with Crippen LogP contribution in [0.4, 0.5) is 8.78 Å². The van der Waals surface area contributed by atoms with Gasteiger partial charge in [0.25, 0.3) is 0 Å². The molecule has 1 aromatic rings. The van der Waals surface area contributed by atoms with Gasteiger partial charge in [0.2, 0.25) is 0 Å². The van der Waals surface area contributed by atoms with Crippen LogP contribution in [-0.2, 0) is 0 Å². The Morgan fingerprint density at radius 3 is 2.42 bits per heavy atom. The molecule has 19 heavy (non-hydrogen) atoms. The summed E-state index contributed by atoms with van der Waals surface area (Å²) in [6, 6.07) is 4.42. The maximum Gasteiger partial charge on any atom is 0.159 e. The molecule has 4 unspecified atom stereocenters. The zero-order chi connectivity index (χ0) is 13.4. The van der Waals surface area contributed by atoms with E-state index in [9.17, 15) is 8.78 Å². The molecule has 0 aliphatic heterocycles. The summed E-state index contributed by atoms with van der Waals surface area (Å²) >= 11 is 4.60. The minimum atomic E-state index is -0.743. The maximum absolute atomic E-state index is 13.3. The zero-order valence-corrected chi connectivity index (χ0v) is 11.9. The molecule has 0 radical (unpaired) electrons. The first kappa shape index (κ1) is 13.4. The largest absolute Gasteiger partial charge is 0.204 e. The van der Waals surface area contributed by atoms with E-state index in [4.69, 9.17) is 0 Å². The van der Waals surface area contributed by atoms with Crippen LogP contribution in [0.15, 0.2) is 18.2 Å². The first-order chi connectivity index (χ1) is 9.13. The van der Waals surface area contributed by atoms with Gasteiger partial charge in [0.05, 0.1) is 0 Å². The number of halogens is 2. The molecule has 3 rings (SSSR count). The molecule has 0 bridgehead atoms. The normalized spacial score (nSPS) is 34.9. The topological polar surface area (TPSA) is 0 Å². The van der Waals surface area contributed by atoms with E-state index in [0.29, 0.717) is 11.2 Å². The van der Waals surface area contributed by atoms with E-state index < -0.39 is 11.6 Å². The summed E-state index contributed by atoms with van der Waals surface area (Å²) < 4.78 is 26.3. The lowest BCUT2D eigenvalue weighted by molar-refractivity contribution is 0.159. The molecule has 3 heteroatoms. The Labute approximate surface area is 119 Å². The van der Waals surface area contributed by atoms with Crippen molar-refractivity contribution in [1.29, 1.82) is 0 Å². The van der Waals surface area contributed by atoms with Crippen molar-refractivity contribution in [3.05, 3.63) is 35.4 Å². The van der Waals surface area contributed by atoms with E-state index in [1.165, 1.54) is 37.8 Å². The van der Waals surface area contributed by atoms with E-state index in [-0.39, 0.29) is 0 Å². The molecule has 0 amide bonds. The molecular formula is C16H20F2S. The van der Waals surface area contributed by atoms with Gasteiger partial charge in [0, 0.05) is 5.25 Å². The van der Waals surface area contributed by atoms with Crippen LogP contribution in [0, 0.1) is 23.5 Å². The van der Waals surface area contributed by atoms with Gasteiger partial charge in [0.15, 0.2) is 11.6 Å². The number of rotatable bonds is 1. The van der Waals surface area contributed by atoms with Crippen molar-refractivity contribution in [1.82, 2.24) is 0 Å². The molecular weight excluding hydrogens is 262 g/mol.